The van der Waals surface area contributed by atoms with Crippen molar-refractivity contribution in [3.63, 3.8) is 0 Å². The van der Waals surface area contributed by atoms with E-state index in [1.54, 1.807) is 35.3 Å². The number of carbonyl (C=O) groups is 3. The molecule has 2 amide bonds. The Kier molecular flexibility index (Phi) is 4.52. The van der Waals surface area contributed by atoms with Crippen LogP contribution in [-0.4, -0.2) is 55.7 Å². The van der Waals surface area contributed by atoms with Gasteiger partial charge in [0.25, 0.3) is 5.91 Å². The van der Waals surface area contributed by atoms with Gasteiger partial charge in [-0.15, -0.1) is 11.8 Å². The second-order valence-corrected chi connectivity index (χ2v) is 8.09. The van der Waals surface area contributed by atoms with Crippen molar-refractivity contribution in [2.75, 3.05) is 17.7 Å². The number of hydrogen-bond donors (Lipinski definition) is 1. The van der Waals surface area contributed by atoms with E-state index < -0.39 is 17.9 Å². The van der Waals surface area contributed by atoms with Crippen molar-refractivity contribution < 1.29 is 19.1 Å². The van der Waals surface area contributed by atoms with E-state index in [0.29, 0.717) is 23.6 Å². The molecule has 0 radical (unpaired) electrons. The van der Waals surface area contributed by atoms with E-state index >= 15 is 0 Å². The Balaban J connectivity index is 1.57. The SMILES string of the molecule is Cc1nn(C)c(C)c1NC(=O)COC(=O)[C@H]1CS[C@]2(C)CCC(=O)N12. The van der Waals surface area contributed by atoms with Gasteiger partial charge < -0.3 is 15.0 Å². The zero-order valence-corrected chi connectivity index (χ0v) is 15.6. The van der Waals surface area contributed by atoms with E-state index in [-0.39, 0.29) is 17.4 Å². The number of esters is 1. The number of nitrogens with zero attached hydrogens (tertiary/aromatic N) is 3. The predicted molar refractivity (Wildman–Crippen MR) is 93.0 cm³/mol. The minimum Gasteiger partial charge on any atom is -0.454 e. The van der Waals surface area contributed by atoms with Crippen LogP contribution in [0, 0.1) is 13.8 Å². The van der Waals surface area contributed by atoms with Crippen molar-refractivity contribution in [1.82, 2.24) is 14.7 Å². The molecule has 136 valence electrons. The molecule has 2 fully saturated rings. The van der Waals surface area contributed by atoms with Crippen molar-refractivity contribution in [3.05, 3.63) is 11.4 Å². The number of hydrogen-bond acceptors (Lipinski definition) is 6. The maximum atomic E-state index is 12.3. The van der Waals surface area contributed by atoms with E-state index in [4.69, 9.17) is 4.74 Å². The maximum Gasteiger partial charge on any atom is 0.330 e. The molecule has 8 nitrogen and oxygen atoms in total. The first-order valence-corrected chi connectivity index (χ1v) is 9.14. The number of carbonyl (C=O) groups excluding carboxylic acids is 3. The van der Waals surface area contributed by atoms with Crippen molar-refractivity contribution in [3.8, 4) is 0 Å². The number of rotatable bonds is 4. The van der Waals surface area contributed by atoms with Gasteiger partial charge >= 0.3 is 5.97 Å². The Morgan fingerprint density at radius 1 is 1.44 bits per heavy atom. The number of anilines is 1. The molecule has 0 bridgehead atoms. The third-order valence-corrected chi connectivity index (χ3v) is 6.34. The van der Waals surface area contributed by atoms with Crippen LogP contribution in [0.1, 0.15) is 31.2 Å². The molecule has 0 aromatic carbocycles. The van der Waals surface area contributed by atoms with Gasteiger partial charge in [0.1, 0.15) is 6.04 Å². The second-order valence-electron chi connectivity index (χ2n) is 6.59. The minimum absolute atomic E-state index is 0.0273. The number of thioether (sulfide) groups is 1. The number of aromatic nitrogens is 2. The largest absolute Gasteiger partial charge is 0.454 e. The van der Waals surface area contributed by atoms with E-state index in [1.807, 2.05) is 13.8 Å². The molecule has 1 N–H and O–H groups in total. The molecule has 0 aliphatic carbocycles. The van der Waals surface area contributed by atoms with Crippen LogP contribution >= 0.6 is 11.8 Å². The van der Waals surface area contributed by atoms with Gasteiger partial charge in [0, 0.05) is 19.2 Å². The van der Waals surface area contributed by atoms with Crippen LogP contribution in [0.2, 0.25) is 0 Å². The summed E-state index contributed by atoms with van der Waals surface area (Å²) in [4.78, 5) is 37.8. The molecule has 0 saturated carbocycles. The number of aryl methyl sites for hydroxylation is 2. The molecule has 2 aliphatic heterocycles. The predicted octanol–water partition coefficient (Wildman–Crippen LogP) is 0.973. The molecule has 9 heteroatoms. The quantitative estimate of drug-likeness (QED) is 0.798. The Morgan fingerprint density at radius 2 is 2.16 bits per heavy atom. The lowest BCUT2D eigenvalue weighted by Crippen LogP contribution is -2.47. The van der Waals surface area contributed by atoms with Crippen molar-refractivity contribution in [2.24, 2.45) is 7.05 Å². The summed E-state index contributed by atoms with van der Waals surface area (Å²) in [5.74, 6) is -0.473. The third-order valence-electron chi connectivity index (χ3n) is 4.84. The third kappa shape index (κ3) is 3.12. The molecule has 0 spiro atoms. The van der Waals surface area contributed by atoms with Crippen molar-refractivity contribution in [1.29, 1.82) is 0 Å². The lowest BCUT2D eigenvalue weighted by atomic mass is 10.2. The monoisotopic (exact) mass is 366 g/mol. The molecule has 3 rings (SSSR count). The van der Waals surface area contributed by atoms with Crippen LogP contribution in [0.15, 0.2) is 0 Å². The molecule has 0 unspecified atom stereocenters. The summed E-state index contributed by atoms with van der Waals surface area (Å²) in [7, 11) is 1.79. The average Bonchev–Trinajstić information content (AvgIpc) is 3.13. The highest BCUT2D eigenvalue weighted by Crippen LogP contribution is 2.47. The normalized spacial score (nSPS) is 25.2. The Morgan fingerprint density at radius 3 is 2.80 bits per heavy atom. The Bertz CT molecular complexity index is 747. The minimum atomic E-state index is -0.611. The first-order chi connectivity index (χ1) is 11.7. The van der Waals surface area contributed by atoms with Crippen LogP contribution in [0.5, 0.6) is 0 Å². The number of nitrogens with one attached hydrogen (secondary N) is 1. The maximum absolute atomic E-state index is 12.3. The summed E-state index contributed by atoms with van der Waals surface area (Å²) in [5, 5.41) is 6.94. The van der Waals surface area contributed by atoms with Gasteiger partial charge in [-0.1, -0.05) is 0 Å². The number of fused-ring (bicyclic) bond motifs is 1. The molecule has 3 heterocycles. The van der Waals surface area contributed by atoms with Crippen molar-refractivity contribution in [2.45, 2.75) is 44.5 Å². The highest BCUT2D eigenvalue weighted by Gasteiger charge is 2.53. The fourth-order valence-electron chi connectivity index (χ4n) is 3.36. The van der Waals surface area contributed by atoms with Gasteiger partial charge in [-0.3, -0.25) is 14.3 Å². The lowest BCUT2D eigenvalue weighted by molar-refractivity contribution is -0.155. The van der Waals surface area contributed by atoms with Gasteiger partial charge in [0.2, 0.25) is 5.91 Å². The summed E-state index contributed by atoms with van der Waals surface area (Å²) in [6.07, 6.45) is 1.19. The molecule has 1 aromatic heterocycles. The molecule has 2 saturated heterocycles. The van der Waals surface area contributed by atoms with Gasteiger partial charge in [-0.05, 0) is 27.2 Å². The van der Waals surface area contributed by atoms with Crippen LogP contribution < -0.4 is 5.32 Å². The van der Waals surface area contributed by atoms with Gasteiger partial charge in [-0.2, -0.15) is 5.10 Å². The zero-order valence-electron chi connectivity index (χ0n) is 14.8. The molecule has 1 aromatic rings. The van der Waals surface area contributed by atoms with Crippen molar-refractivity contribution >= 4 is 35.2 Å². The first-order valence-electron chi connectivity index (χ1n) is 8.16. The Labute approximate surface area is 150 Å². The molecule has 2 aliphatic rings. The zero-order chi connectivity index (χ0) is 18.4. The van der Waals surface area contributed by atoms with Gasteiger partial charge in [0.05, 0.1) is 21.9 Å². The summed E-state index contributed by atoms with van der Waals surface area (Å²) in [6.45, 7) is 5.23. The molecular formula is C16H22N4O4S. The van der Waals surface area contributed by atoms with Gasteiger partial charge in [-0.25, -0.2) is 4.79 Å². The topological polar surface area (TPSA) is 93.5 Å². The lowest BCUT2D eigenvalue weighted by Gasteiger charge is -2.29. The molecule has 25 heavy (non-hydrogen) atoms. The van der Waals surface area contributed by atoms with E-state index in [9.17, 15) is 14.4 Å². The van der Waals surface area contributed by atoms with E-state index in [1.165, 1.54) is 0 Å². The second kappa shape index (κ2) is 6.36. The van der Waals surface area contributed by atoms with E-state index in [2.05, 4.69) is 10.4 Å². The molecule has 2 atom stereocenters. The number of amides is 2. The number of ether oxygens (including phenoxy) is 1. The average molecular weight is 366 g/mol. The summed E-state index contributed by atoms with van der Waals surface area (Å²) >= 11 is 1.59. The first kappa shape index (κ1) is 17.8. The van der Waals surface area contributed by atoms with Crippen LogP contribution in [-0.2, 0) is 26.2 Å². The summed E-state index contributed by atoms with van der Waals surface area (Å²) in [6, 6.07) is -0.611. The van der Waals surface area contributed by atoms with Crippen LogP contribution in [0.3, 0.4) is 0 Å². The van der Waals surface area contributed by atoms with Crippen LogP contribution in [0.4, 0.5) is 5.69 Å². The smallest absolute Gasteiger partial charge is 0.330 e. The Hall–Kier alpha value is -2.03. The standard InChI is InChI=1S/C16H22N4O4S/c1-9-14(10(2)19(4)18-9)17-12(21)7-24-15(23)11-8-25-16(3)6-5-13(22)20(11)16/h11H,5-8H2,1-4H3,(H,17,21)/t11-,16-/m1/s1. The summed E-state index contributed by atoms with van der Waals surface area (Å²) in [5.41, 5.74) is 2.15. The fourth-order valence-corrected chi connectivity index (χ4v) is 4.77. The summed E-state index contributed by atoms with van der Waals surface area (Å²) < 4.78 is 6.84. The van der Waals surface area contributed by atoms with Gasteiger partial charge in [0.15, 0.2) is 6.61 Å². The van der Waals surface area contributed by atoms with E-state index in [0.717, 1.165) is 12.1 Å². The highest BCUT2D eigenvalue weighted by atomic mass is 32.2. The molecular weight excluding hydrogens is 344 g/mol. The highest BCUT2D eigenvalue weighted by molar-refractivity contribution is 8.01. The fraction of sp³-hybridized carbons (Fsp3) is 0.625. The van der Waals surface area contributed by atoms with Crippen LogP contribution in [0.25, 0.3) is 0 Å².